The number of aliphatic imine (C=N–C) groups is 2. The predicted octanol–water partition coefficient (Wildman–Crippen LogP) is 8.49. The van der Waals surface area contributed by atoms with Gasteiger partial charge in [-0.2, -0.15) is 10.3 Å². The molecule has 6 aromatic carbocycles. The molecule has 1 aliphatic rings. The number of hydrogen-bond donors (Lipinski definition) is 1. The predicted molar refractivity (Wildman–Crippen MR) is 189 cm³/mol. The number of rotatable bonds is 4. The summed E-state index contributed by atoms with van der Waals surface area (Å²) in [5, 5.41) is 16.5. The first-order valence-corrected chi connectivity index (χ1v) is 16.1. The standard InChI is InChI=1S/C40H25N5S/c41-24-25-17-19-27(20-18-25)39-42-38(26-9-2-1-3-10-26)43-40(44-39)28-11-8-12-29(21-28)45-34-15-6-4-13-30(34)32-23-37-33(22-35(32)45)31-14-5-7-16-36(31)46-37/h1-23,39H,(H,42,43,44)/p+1. The number of nitrogens with zero attached hydrogens (tertiary/aromatic N) is 4. The van der Waals surface area contributed by atoms with Gasteiger partial charge in [-0.15, -0.1) is 11.3 Å². The Kier molecular flexibility index (Phi) is 6.13. The third kappa shape index (κ3) is 4.33. The first-order valence-electron chi connectivity index (χ1n) is 15.3. The van der Waals surface area contributed by atoms with E-state index in [0.29, 0.717) is 11.4 Å². The molecule has 0 spiro atoms. The number of quaternary nitrogens is 1. The third-order valence-electron chi connectivity index (χ3n) is 8.79. The van der Waals surface area contributed by atoms with Gasteiger partial charge in [-0.1, -0.05) is 66.7 Å². The Morgan fingerprint density at radius 2 is 1.39 bits per heavy atom. The Morgan fingerprint density at radius 1 is 0.630 bits per heavy atom. The number of benzene rings is 6. The van der Waals surface area contributed by atoms with Gasteiger partial charge in [-0.25, -0.2) is 4.99 Å². The van der Waals surface area contributed by atoms with Crippen molar-refractivity contribution in [2.45, 2.75) is 6.17 Å². The molecule has 2 N–H and O–H groups in total. The maximum atomic E-state index is 9.34. The molecule has 0 fully saturated rings. The summed E-state index contributed by atoms with van der Waals surface area (Å²) in [5.74, 6) is 1.57. The summed E-state index contributed by atoms with van der Waals surface area (Å²) in [7, 11) is 0. The summed E-state index contributed by atoms with van der Waals surface area (Å²) >= 11 is 1.85. The van der Waals surface area contributed by atoms with E-state index in [1.54, 1.807) is 0 Å². The smallest absolute Gasteiger partial charge is 0.235 e. The summed E-state index contributed by atoms with van der Waals surface area (Å²) in [6.45, 7) is 0. The molecule has 0 amide bonds. The molecule has 0 saturated heterocycles. The molecule has 3 heterocycles. The minimum absolute atomic E-state index is 0.229. The van der Waals surface area contributed by atoms with Gasteiger partial charge in [-0.05, 0) is 72.8 Å². The molecule has 5 nitrogen and oxygen atoms in total. The van der Waals surface area contributed by atoms with Crippen LogP contribution in [0.4, 0.5) is 0 Å². The SMILES string of the molecule is N#Cc1ccc(C2N=C(c3cccc(-n4c5ccccc5c5cc6sc7ccccc7c6cc54)c3)N=C(c3ccccc3)[NH2+]2)cc1. The van der Waals surface area contributed by atoms with Crippen LogP contribution in [0.1, 0.15) is 28.4 Å². The molecule has 0 radical (unpaired) electrons. The van der Waals surface area contributed by atoms with Gasteiger partial charge in [0.1, 0.15) is 0 Å². The molecule has 1 aliphatic heterocycles. The van der Waals surface area contributed by atoms with Gasteiger partial charge >= 0.3 is 0 Å². The molecule has 1 atom stereocenters. The minimum atomic E-state index is -0.229. The quantitative estimate of drug-likeness (QED) is 0.214. The van der Waals surface area contributed by atoms with Crippen LogP contribution in [-0.4, -0.2) is 16.2 Å². The monoisotopic (exact) mass is 608 g/mol. The third-order valence-corrected chi connectivity index (χ3v) is 9.92. The summed E-state index contributed by atoms with van der Waals surface area (Å²) in [6, 6.07) is 50.7. The van der Waals surface area contributed by atoms with E-state index in [2.05, 4.69) is 113 Å². The largest absolute Gasteiger partial charge is 0.309 e. The lowest BCUT2D eigenvalue weighted by Crippen LogP contribution is -2.90. The number of amidine groups is 2. The molecule has 46 heavy (non-hydrogen) atoms. The molecule has 0 saturated carbocycles. The second-order valence-electron chi connectivity index (χ2n) is 11.5. The van der Waals surface area contributed by atoms with Crippen LogP contribution in [0, 0.1) is 11.3 Å². The zero-order chi connectivity index (χ0) is 30.6. The van der Waals surface area contributed by atoms with Gasteiger partial charge in [0.15, 0.2) is 5.84 Å². The lowest BCUT2D eigenvalue weighted by atomic mass is 10.1. The Bertz CT molecular complexity index is 2570. The van der Waals surface area contributed by atoms with Crippen molar-refractivity contribution in [1.82, 2.24) is 4.57 Å². The molecule has 0 bridgehead atoms. The van der Waals surface area contributed by atoms with Crippen molar-refractivity contribution in [3.63, 3.8) is 0 Å². The van der Waals surface area contributed by atoms with E-state index in [1.165, 1.54) is 42.0 Å². The van der Waals surface area contributed by atoms with Crippen molar-refractivity contribution in [1.29, 1.82) is 5.26 Å². The average molecular weight is 609 g/mol. The van der Waals surface area contributed by atoms with Gasteiger partial charge in [0.05, 0.1) is 28.2 Å². The fraction of sp³-hybridized carbons (Fsp3) is 0.0250. The van der Waals surface area contributed by atoms with E-state index < -0.39 is 0 Å². The minimum Gasteiger partial charge on any atom is -0.309 e. The Hall–Kier alpha value is -5.87. The number of nitrogens with two attached hydrogens (primary N) is 1. The summed E-state index contributed by atoms with van der Waals surface area (Å²) in [4.78, 5) is 10.2. The molecule has 0 aliphatic carbocycles. The highest BCUT2D eigenvalue weighted by molar-refractivity contribution is 7.25. The van der Waals surface area contributed by atoms with E-state index in [-0.39, 0.29) is 6.17 Å². The first kappa shape index (κ1) is 26.5. The zero-order valence-electron chi connectivity index (χ0n) is 24.6. The molecule has 9 rings (SSSR count). The van der Waals surface area contributed by atoms with Crippen LogP contribution in [0.5, 0.6) is 0 Å². The summed E-state index contributed by atoms with van der Waals surface area (Å²) in [5.41, 5.74) is 7.05. The van der Waals surface area contributed by atoms with Crippen molar-refractivity contribution in [3.05, 3.63) is 162 Å². The van der Waals surface area contributed by atoms with E-state index in [1.807, 2.05) is 53.8 Å². The fourth-order valence-corrected chi connectivity index (χ4v) is 7.71. The number of fused-ring (bicyclic) bond motifs is 6. The summed E-state index contributed by atoms with van der Waals surface area (Å²) in [6.07, 6.45) is -0.229. The number of thiophene rings is 1. The number of hydrogen-bond acceptors (Lipinski definition) is 4. The lowest BCUT2D eigenvalue weighted by molar-refractivity contribution is -0.586. The second-order valence-corrected chi connectivity index (χ2v) is 12.6. The average Bonchev–Trinajstić information content (AvgIpc) is 3.65. The highest BCUT2D eigenvalue weighted by Crippen LogP contribution is 2.40. The van der Waals surface area contributed by atoms with Crippen LogP contribution in [-0.2, 0) is 0 Å². The van der Waals surface area contributed by atoms with Gasteiger partial charge in [0.25, 0.3) is 0 Å². The Labute approximate surface area is 269 Å². The van der Waals surface area contributed by atoms with Crippen LogP contribution in [0.15, 0.2) is 150 Å². The number of para-hydroxylation sites is 1. The number of nitriles is 1. The Morgan fingerprint density at radius 3 is 2.24 bits per heavy atom. The highest BCUT2D eigenvalue weighted by Gasteiger charge is 2.26. The molecule has 6 heteroatoms. The van der Waals surface area contributed by atoms with Crippen molar-refractivity contribution < 1.29 is 5.32 Å². The molecular weight excluding hydrogens is 583 g/mol. The molecule has 8 aromatic rings. The van der Waals surface area contributed by atoms with E-state index in [0.717, 1.165) is 28.2 Å². The molecule has 1 unspecified atom stereocenters. The fourth-order valence-electron chi connectivity index (χ4n) is 6.58. The van der Waals surface area contributed by atoms with Crippen LogP contribution in [0.2, 0.25) is 0 Å². The maximum Gasteiger partial charge on any atom is 0.235 e. The van der Waals surface area contributed by atoms with Crippen molar-refractivity contribution in [2.24, 2.45) is 9.98 Å². The summed E-state index contributed by atoms with van der Waals surface area (Å²) < 4.78 is 4.98. The molecule has 2 aromatic heterocycles. The van der Waals surface area contributed by atoms with E-state index in [9.17, 15) is 5.26 Å². The maximum absolute atomic E-state index is 9.34. The molecule has 216 valence electrons. The van der Waals surface area contributed by atoms with Gasteiger partial charge in [0, 0.05) is 47.8 Å². The van der Waals surface area contributed by atoms with Crippen LogP contribution in [0.3, 0.4) is 0 Å². The van der Waals surface area contributed by atoms with Gasteiger partial charge in [-0.3, -0.25) is 5.32 Å². The lowest BCUT2D eigenvalue weighted by Gasteiger charge is -2.19. The highest BCUT2D eigenvalue weighted by atomic mass is 32.1. The second kappa shape index (κ2) is 10.6. The van der Waals surface area contributed by atoms with E-state index in [4.69, 9.17) is 9.98 Å². The van der Waals surface area contributed by atoms with Crippen molar-refractivity contribution >= 4 is 65.0 Å². The van der Waals surface area contributed by atoms with Crippen LogP contribution in [0.25, 0.3) is 47.7 Å². The topological polar surface area (TPSA) is 70.0 Å². The zero-order valence-corrected chi connectivity index (χ0v) is 25.4. The van der Waals surface area contributed by atoms with Gasteiger partial charge in [0.2, 0.25) is 12.0 Å². The van der Waals surface area contributed by atoms with Gasteiger partial charge < -0.3 is 4.57 Å². The van der Waals surface area contributed by atoms with E-state index >= 15 is 0 Å². The first-order chi connectivity index (χ1) is 22.7. The normalized spacial score (nSPS) is 14.9. The van der Waals surface area contributed by atoms with Crippen molar-refractivity contribution in [2.75, 3.05) is 0 Å². The van der Waals surface area contributed by atoms with Crippen LogP contribution < -0.4 is 5.32 Å². The molecular formula is C40H26N5S+. The van der Waals surface area contributed by atoms with Crippen molar-refractivity contribution in [3.8, 4) is 11.8 Å². The Balaban J connectivity index is 1.23. The number of aromatic nitrogens is 1. The van der Waals surface area contributed by atoms with Crippen LogP contribution >= 0.6 is 11.3 Å².